The van der Waals surface area contributed by atoms with E-state index in [0.29, 0.717) is 30.8 Å². The van der Waals surface area contributed by atoms with Gasteiger partial charge >= 0.3 is 0 Å². The number of nitriles is 1. The van der Waals surface area contributed by atoms with Crippen LogP contribution in [0.3, 0.4) is 0 Å². The van der Waals surface area contributed by atoms with Gasteiger partial charge in [0.1, 0.15) is 6.10 Å². The molecule has 10 rings (SSSR count). The van der Waals surface area contributed by atoms with Crippen LogP contribution in [0.5, 0.6) is 11.5 Å². The zero-order valence-corrected chi connectivity index (χ0v) is 29.9. The first kappa shape index (κ1) is 32.7. The first-order valence-electron chi connectivity index (χ1n) is 19.3. The summed E-state index contributed by atoms with van der Waals surface area (Å²) < 4.78 is 21.7. The number of rotatable bonds is 10. The molecule has 53 heavy (non-hydrogen) atoms. The lowest BCUT2D eigenvalue weighted by Gasteiger charge is -2.64. The van der Waals surface area contributed by atoms with Gasteiger partial charge in [-0.05, 0) is 74.2 Å². The average molecular weight is 701 g/mol. The van der Waals surface area contributed by atoms with E-state index in [-0.39, 0.29) is 12.1 Å². The van der Waals surface area contributed by atoms with Gasteiger partial charge in [0, 0.05) is 34.8 Å². The van der Waals surface area contributed by atoms with E-state index >= 15 is 0 Å². The van der Waals surface area contributed by atoms with Crippen molar-refractivity contribution in [3.63, 3.8) is 0 Å². The number of hydrogen-bond donors (Lipinski definition) is 1. The van der Waals surface area contributed by atoms with Gasteiger partial charge in [-0.1, -0.05) is 115 Å². The van der Waals surface area contributed by atoms with Crippen molar-refractivity contribution in [3.05, 3.63) is 166 Å². The number of nitrogens with zero attached hydrogens (tertiary/aromatic N) is 2. The molecule has 1 spiro atoms. The van der Waals surface area contributed by atoms with Crippen LogP contribution >= 0.6 is 0 Å². The van der Waals surface area contributed by atoms with Gasteiger partial charge in [-0.3, -0.25) is 4.90 Å². The molecule has 5 aliphatic rings. The third-order valence-corrected chi connectivity index (χ3v) is 13.1. The standard InChI is InChI=1S/C47H44N2O4/c48-29-34-12-10-11-13-35(34)31-51-40-24-25-46(50)41-28-33-22-23-39(43-42(33)45(46,44(40)52-43)26-27-49(41)30-32-20-21-32)53-47(36-14-4-1-5-15-36,37-16-6-2-7-17-37)38-18-8-3-9-19-38/h1-19,22-23,32,40-41,44,50H,20-21,24-28,30-31H2/t40-,41-,44+,45+,46-/m1/s1. The van der Waals surface area contributed by atoms with Gasteiger partial charge in [-0.25, -0.2) is 0 Å². The smallest absolute Gasteiger partial charge is 0.184 e. The first-order valence-corrected chi connectivity index (χ1v) is 19.3. The summed E-state index contributed by atoms with van der Waals surface area (Å²) in [5, 5.41) is 23.1. The predicted molar refractivity (Wildman–Crippen MR) is 203 cm³/mol. The van der Waals surface area contributed by atoms with Crippen molar-refractivity contribution in [3.8, 4) is 17.6 Å². The van der Waals surface area contributed by atoms with Crippen LogP contribution in [0.15, 0.2) is 127 Å². The zero-order valence-electron chi connectivity index (χ0n) is 29.9. The Morgan fingerprint density at radius 3 is 2.08 bits per heavy atom. The third-order valence-electron chi connectivity index (χ3n) is 13.1. The molecular formula is C47H44N2O4. The Kier molecular flexibility index (Phi) is 7.77. The van der Waals surface area contributed by atoms with E-state index in [1.165, 1.54) is 18.4 Å². The minimum atomic E-state index is -0.985. The highest BCUT2D eigenvalue weighted by molar-refractivity contribution is 5.64. The average Bonchev–Trinajstić information content (AvgIpc) is 3.96. The largest absolute Gasteiger partial charge is 0.482 e. The highest BCUT2D eigenvalue weighted by Gasteiger charge is 2.73. The third kappa shape index (κ3) is 4.94. The maximum absolute atomic E-state index is 13.3. The van der Waals surface area contributed by atoms with E-state index in [0.717, 1.165) is 65.4 Å². The summed E-state index contributed by atoms with van der Waals surface area (Å²) >= 11 is 0. The molecule has 1 saturated heterocycles. The quantitative estimate of drug-likeness (QED) is 0.149. The lowest BCUT2D eigenvalue weighted by atomic mass is 9.48. The fraction of sp³-hybridized carbons (Fsp3) is 0.340. The van der Waals surface area contributed by atoms with Crippen LogP contribution in [-0.4, -0.2) is 46.9 Å². The number of aliphatic hydroxyl groups is 1. The second-order valence-electron chi connectivity index (χ2n) is 15.8. The Labute approximate surface area is 311 Å². The zero-order chi connectivity index (χ0) is 35.6. The lowest BCUT2D eigenvalue weighted by Crippen LogP contribution is -2.77. The van der Waals surface area contributed by atoms with E-state index < -0.39 is 22.7 Å². The van der Waals surface area contributed by atoms with Crippen LogP contribution in [0.1, 0.15) is 71.0 Å². The minimum absolute atomic E-state index is 0.0190. The van der Waals surface area contributed by atoms with Crippen molar-refractivity contribution in [2.75, 3.05) is 13.1 Å². The minimum Gasteiger partial charge on any atom is -0.482 e. The summed E-state index contributed by atoms with van der Waals surface area (Å²) in [4.78, 5) is 2.60. The molecular weight excluding hydrogens is 657 g/mol. The summed E-state index contributed by atoms with van der Waals surface area (Å²) in [7, 11) is 0. The van der Waals surface area contributed by atoms with E-state index in [4.69, 9.17) is 14.2 Å². The van der Waals surface area contributed by atoms with Gasteiger partial charge in [0.05, 0.1) is 35.4 Å². The normalized spacial score (nSPS) is 27.0. The first-order chi connectivity index (χ1) is 26.0. The Balaban J connectivity index is 1.12. The molecule has 0 radical (unpaired) electrons. The summed E-state index contributed by atoms with van der Waals surface area (Å²) in [6.45, 7) is 2.28. The Hall–Kier alpha value is -4.93. The highest BCUT2D eigenvalue weighted by Crippen LogP contribution is 2.66. The van der Waals surface area contributed by atoms with Crippen molar-refractivity contribution in [2.45, 2.75) is 80.0 Å². The maximum atomic E-state index is 13.3. The van der Waals surface area contributed by atoms with Crippen LogP contribution in [0.25, 0.3) is 0 Å². The molecule has 5 aromatic carbocycles. The molecule has 3 fully saturated rings. The van der Waals surface area contributed by atoms with Crippen molar-refractivity contribution < 1.29 is 19.3 Å². The maximum Gasteiger partial charge on any atom is 0.184 e. The molecule has 0 unspecified atom stereocenters. The molecule has 2 saturated carbocycles. The SMILES string of the molecule is N#Cc1ccccc1CO[C@@H]1CC[C@@]2(O)[C@H]3Cc4ccc(OC(c5ccccc5)(c5ccccc5)c5ccccc5)c5c4[C@@]2(CCN3CC2CC2)[C@H]1O5. The predicted octanol–water partition coefficient (Wildman–Crippen LogP) is 8.08. The lowest BCUT2D eigenvalue weighted by molar-refractivity contribution is -0.217. The van der Waals surface area contributed by atoms with E-state index in [1.54, 1.807) is 0 Å². The Bertz CT molecular complexity index is 2080. The fourth-order valence-corrected chi connectivity index (χ4v) is 10.5. The van der Waals surface area contributed by atoms with E-state index in [2.05, 4.69) is 95.9 Å². The molecule has 2 aliphatic heterocycles. The Morgan fingerprint density at radius 2 is 1.43 bits per heavy atom. The molecule has 0 amide bonds. The molecule has 1 N–H and O–H groups in total. The van der Waals surface area contributed by atoms with Gasteiger partial charge in [0.25, 0.3) is 0 Å². The van der Waals surface area contributed by atoms with E-state index in [9.17, 15) is 10.4 Å². The van der Waals surface area contributed by atoms with Gasteiger partial charge in [0.15, 0.2) is 17.1 Å². The summed E-state index contributed by atoms with van der Waals surface area (Å²) in [6.07, 6.45) is 4.77. The molecule has 2 bridgehead atoms. The van der Waals surface area contributed by atoms with Gasteiger partial charge in [-0.15, -0.1) is 0 Å². The van der Waals surface area contributed by atoms with Crippen LogP contribution in [0.2, 0.25) is 0 Å². The van der Waals surface area contributed by atoms with Gasteiger partial charge in [0.2, 0.25) is 0 Å². The molecule has 3 aliphatic carbocycles. The number of benzene rings is 5. The number of hydrogen-bond acceptors (Lipinski definition) is 6. The van der Waals surface area contributed by atoms with Crippen LogP contribution in [0, 0.1) is 17.2 Å². The molecule has 266 valence electrons. The van der Waals surface area contributed by atoms with Crippen LogP contribution in [0.4, 0.5) is 0 Å². The number of likely N-dealkylation sites (tertiary alicyclic amines) is 1. The number of ether oxygens (including phenoxy) is 3. The van der Waals surface area contributed by atoms with Gasteiger partial charge in [-0.2, -0.15) is 5.26 Å². The molecule has 6 heteroatoms. The van der Waals surface area contributed by atoms with Crippen molar-refractivity contribution in [1.82, 2.24) is 4.90 Å². The van der Waals surface area contributed by atoms with Crippen molar-refractivity contribution >= 4 is 0 Å². The highest BCUT2D eigenvalue weighted by atomic mass is 16.6. The summed E-state index contributed by atoms with van der Waals surface area (Å²) in [6, 6.07) is 45.7. The fourth-order valence-electron chi connectivity index (χ4n) is 10.5. The second kappa shape index (κ2) is 12.6. The topological polar surface area (TPSA) is 75.0 Å². The van der Waals surface area contributed by atoms with Crippen LogP contribution < -0.4 is 9.47 Å². The van der Waals surface area contributed by atoms with Crippen LogP contribution in [-0.2, 0) is 28.8 Å². The monoisotopic (exact) mass is 700 g/mol. The molecule has 5 atom stereocenters. The second-order valence-corrected chi connectivity index (χ2v) is 15.8. The molecule has 2 heterocycles. The molecule has 5 aromatic rings. The number of piperidine rings is 1. The summed E-state index contributed by atoms with van der Waals surface area (Å²) in [5.74, 6) is 2.14. The van der Waals surface area contributed by atoms with Crippen molar-refractivity contribution in [2.24, 2.45) is 5.92 Å². The van der Waals surface area contributed by atoms with E-state index in [1.807, 2.05) is 42.5 Å². The molecule has 6 nitrogen and oxygen atoms in total. The van der Waals surface area contributed by atoms with Crippen molar-refractivity contribution in [1.29, 1.82) is 5.26 Å². The van der Waals surface area contributed by atoms with Gasteiger partial charge < -0.3 is 19.3 Å². The summed E-state index contributed by atoms with van der Waals surface area (Å²) in [5.41, 5.74) is 4.28. The Morgan fingerprint density at radius 1 is 0.792 bits per heavy atom. The molecule has 0 aromatic heterocycles.